The van der Waals surface area contributed by atoms with Crippen LogP contribution in [0, 0.1) is 0 Å². The molecule has 1 aromatic carbocycles. The van der Waals surface area contributed by atoms with E-state index in [1.807, 2.05) is 18.2 Å². The Morgan fingerprint density at radius 1 is 1.50 bits per heavy atom. The minimum Gasteiger partial charge on any atom is -0.274 e. The molecule has 0 spiro atoms. The van der Waals surface area contributed by atoms with Gasteiger partial charge >= 0.3 is 0 Å². The van der Waals surface area contributed by atoms with E-state index in [1.165, 1.54) is 0 Å². The van der Waals surface area contributed by atoms with Crippen LogP contribution in [0.15, 0.2) is 27.6 Å². The van der Waals surface area contributed by atoms with E-state index in [4.69, 9.17) is 16.7 Å². The van der Waals surface area contributed by atoms with Crippen LogP contribution >= 0.6 is 39.5 Å². The fourth-order valence-electron chi connectivity index (χ4n) is 0.571. The minimum atomic E-state index is 0.682. The molecular formula is C6H5BrClNS. The number of benzene rings is 1. The van der Waals surface area contributed by atoms with Crippen molar-refractivity contribution >= 4 is 39.5 Å². The van der Waals surface area contributed by atoms with Crippen molar-refractivity contribution in [3.8, 4) is 0 Å². The molecule has 0 aromatic heterocycles. The van der Waals surface area contributed by atoms with Gasteiger partial charge in [0.2, 0.25) is 0 Å². The minimum absolute atomic E-state index is 0.682. The highest BCUT2D eigenvalue weighted by atomic mass is 79.9. The van der Waals surface area contributed by atoms with E-state index < -0.39 is 0 Å². The van der Waals surface area contributed by atoms with Gasteiger partial charge < -0.3 is 0 Å². The van der Waals surface area contributed by atoms with E-state index in [9.17, 15) is 0 Å². The molecule has 0 amide bonds. The number of hydrogen-bond donors (Lipinski definition) is 1. The summed E-state index contributed by atoms with van der Waals surface area (Å²) in [6, 6.07) is 5.59. The topological polar surface area (TPSA) is 26.0 Å². The van der Waals surface area contributed by atoms with Crippen molar-refractivity contribution in [1.29, 1.82) is 0 Å². The Hall–Kier alpha value is 0.300. The highest BCUT2D eigenvalue weighted by Gasteiger charge is 1.97. The number of halogens is 2. The van der Waals surface area contributed by atoms with Gasteiger partial charge in [-0.25, -0.2) is 0 Å². The van der Waals surface area contributed by atoms with Gasteiger partial charge in [0.05, 0.1) is 5.02 Å². The zero-order valence-corrected chi connectivity index (χ0v) is 8.13. The Morgan fingerprint density at radius 2 is 2.20 bits per heavy atom. The predicted molar refractivity (Wildman–Crippen MR) is 49.2 cm³/mol. The molecule has 0 atom stereocenters. The summed E-state index contributed by atoms with van der Waals surface area (Å²) >= 11 is 10.2. The molecule has 0 aliphatic carbocycles. The van der Waals surface area contributed by atoms with E-state index in [1.54, 1.807) is 0 Å². The maximum Gasteiger partial charge on any atom is 0.0566 e. The molecule has 0 aliphatic heterocycles. The van der Waals surface area contributed by atoms with Crippen LogP contribution in [0.1, 0.15) is 0 Å². The Morgan fingerprint density at radius 3 is 2.70 bits per heavy atom. The Balaban J connectivity index is 3.07. The van der Waals surface area contributed by atoms with Crippen LogP contribution in [0.3, 0.4) is 0 Å². The molecule has 0 aliphatic rings. The van der Waals surface area contributed by atoms with Gasteiger partial charge in [-0.2, -0.15) is 0 Å². The van der Waals surface area contributed by atoms with Gasteiger partial charge in [-0.05, 0) is 30.1 Å². The second-order valence-corrected chi connectivity index (χ2v) is 3.69. The summed E-state index contributed by atoms with van der Waals surface area (Å²) in [7, 11) is 0. The first-order chi connectivity index (χ1) is 4.74. The third-order valence-electron chi connectivity index (χ3n) is 1.02. The third kappa shape index (κ3) is 1.89. The SMILES string of the molecule is NSc1ccc(Br)cc1Cl. The van der Waals surface area contributed by atoms with Crippen molar-refractivity contribution < 1.29 is 0 Å². The molecule has 1 aromatic rings. The molecule has 1 nitrogen and oxygen atoms in total. The van der Waals surface area contributed by atoms with Crippen molar-refractivity contribution in [3.05, 3.63) is 27.7 Å². The maximum absolute atomic E-state index is 5.80. The first kappa shape index (κ1) is 8.40. The molecule has 0 unspecified atom stereocenters. The van der Waals surface area contributed by atoms with Crippen LogP contribution in [0.5, 0.6) is 0 Å². The van der Waals surface area contributed by atoms with Crippen molar-refractivity contribution in [2.24, 2.45) is 5.14 Å². The Bertz CT molecular complexity index is 241. The summed E-state index contributed by atoms with van der Waals surface area (Å²) in [6.45, 7) is 0. The van der Waals surface area contributed by atoms with Gasteiger partial charge in [0.1, 0.15) is 0 Å². The Kier molecular flexibility index (Phi) is 3.04. The fraction of sp³-hybridized carbons (Fsp3) is 0. The lowest BCUT2D eigenvalue weighted by Gasteiger charge is -1.98. The lowest BCUT2D eigenvalue weighted by atomic mass is 10.4. The standard InChI is InChI=1S/C6H5BrClNS/c7-4-1-2-6(10-9)5(8)3-4/h1-3H,9H2. The summed E-state index contributed by atoms with van der Waals surface area (Å²) < 4.78 is 0.968. The molecule has 10 heavy (non-hydrogen) atoms. The van der Waals surface area contributed by atoms with Crippen LogP contribution in [0.2, 0.25) is 5.02 Å². The summed E-state index contributed by atoms with van der Waals surface area (Å²) in [5.41, 5.74) is 0. The van der Waals surface area contributed by atoms with Crippen LogP contribution in [0.25, 0.3) is 0 Å². The normalized spacial score (nSPS) is 9.90. The van der Waals surface area contributed by atoms with Gasteiger partial charge in [0.15, 0.2) is 0 Å². The predicted octanol–water partition coefficient (Wildman–Crippen LogP) is 3.07. The monoisotopic (exact) mass is 237 g/mol. The molecule has 0 bridgehead atoms. The molecule has 1 rings (SSSR count). The van der Waals surface area contributed by atoms with Crippen LogP contribution in [-0.4, -0.2) is 0 Å². The summed E-state index contributed by atoms with van der Waals surface area (Å²) in [6.07, 6.45) is 0. The molecule has 54 valence electrons. The molecule has 0 saturated carbocycles. The van der Waals surface area contributed by atoms with Gasteiger partial charge in [0.25, 0.3) is 0 Å². The van der Waals surface area contributed by atoms with E-state index >= 15 is 0 Å². The van der Waals surface area contributed by atoms with Crippen molar-refractivity contribution in [2.75, 3.05) is 0 Å². The average molecular weight is 239 g/mol. The van der Waals surface area contributed by atoms with Crippen molar-refractivity contribution in [3.63, 3.8) is 0 Å². The summed E-state index contributed by atoms with van der Waals surface area (Å²) in [5.74, 6) is 0. The third-order valence-corrected chi connectivity index (χ3v) is 2.55. The number of nitrogens with two attached hydrogens (primary N) is 1. The average Bonchev–Trinajstić information content (AvgIpc) is 1.88. The Labute approximate surface area is 77.2 Å². The van der Waals surface area contributed by atoms with Gasteiger partial charge in [-0.3, -0.25) is 5.14 Å². The molecule has 2 N–H and O–H groups in total. The molecule has 0 radical (unpaired) electrons. The smallest absolute Gasteiger partial charge is 0.0566 e. The second kappa shape index (κ2) is 3.62. The maximum atomic E-state index is 5.80. The second-order valence-electron chi connectivity index (χ2n) is 1.69. The van der Waals surface area contributed by atoms with Crippen molar-refractivity contribution in [1.82, 2.24) is 0 Å². The van der Waals surface area contributed by atoms with E-state index in [0.717, 1.165) is 21.3 Å². The van der Waals surface area contributed by atoms with E-state index in [0.29, 0.717) is 5.02 Å². The number of rotatable bonds is 1. The van der Waals surface area contributed by atoms with Crippen LogP contribution in [0.4, 0.5) is 0 Å². The van der Waals surface area contributed by atoms with Gasteiger partial charge in [-0.1, -0.05) is 27.5 Å². The lowest BCUT2D eigenvalue weighted by Crippen LogP contribution is -1.80. The molecule has 4 heteroatoms. The molecular weight excluding hydrogens is 233 g/mol. The molecule has 0 heterocycles. The zero-order valence-electron chi connectivity index (χ0n) is 4.97. The first-order valence-corrected chi connectivity index (χ1v) is 4.61. The first-order valence-electron chi connectivity index (χ1n) is 2.56. The van der Waals surface area contributed by atoms with Crippen LogP contribution < -0.4 is 5.14 Å². The summed E-state index contributed by atoms with van der Waals surface area (Å²) in [5, 5.41) is 6.00. The van der Waals surface area contributed by atoms with E-state index in [-0.39, 0.29) is 0 Å². The van der Waals surface area contributed by atoms with Crippen molar-refractivity contribution in [2.45, 2.75) is 4.90 Å². The molecule has 0 saturated heterocycles. The lowest BCUT2D eigenvalue weighted by molar-refractivity contribution is 1.44. The van der Waals surface area contributed by atoms with E-state index in [2.05, 4.69) is 15.9 Å². The molecule has 0 fully saturated rings. The van der Waals surface area contributed by atoms with Gasteiger partial charge in [-0.15, -0.1) is 0 Å². The highest BCUT2D eigenvalue weighted by molar-refractivity contribution is 9.10. The zero-order chi connectivity index (χ0) is 7.56. The largest absolute Gasteiger partial charge is 0.274 e. The van der Waals surface area contributed by atoms with Crippen LogP contribution in [-0.2, 0) is 0 Å². The van der Waals surface area contributed by atoms with Gasteiger partial charge in [0, 0.05) is 9.37 Å². The fourth-order valence-corrected chi connectivity index (χ4v) is 1.70. The highest BCUT2D eigenvalue weighted by Crippen LogP contribution is 2.26. The summed E-state index contributed by atoms with van der Waals surface area (Å²) in [4.78, 5) is 0.893. The number of hydrogen-bond acceptors (Lipinski definition) is 2. The quantitative estimate of drug-likeness (QED) is 0.761.